The Morgan fingerprint density at radius 2 is 1.72 bits per heavy atom. The zero-order valence-corrected chi connectivity index (χ0v) is 14.7. The molecule has 1 aliphatic heterocycles. The van der Waals surface area contributed by atoms with Crippen LogP contribution in [0.1, 0.15) is 23.2 Å². The van der Waals surface area contributed by atoms with Gasteiger partial charge in [0.05, 0.1) is 0 Å². The average Bonchev–Trinajstić information content (AvgIpc) is 3.17. The number of halogens is 1. The van der Waals surface area contributed by atoms with Crippen LogP contribution in [0.25, 0.3) is 0 Å². The van der Waals surface area contributed by atoms with Gasteiger partial charge in [-0.25, -0.2) is 12.8 Å². The van der Waals surface area contributed by atoms with E-state index in [0.29, 0.717) is 18.8 Å². The molecule has 3 rings (SSSR count). The van der Waals surface area contributed by atoms with Crippen molar-refractivity contribution in [3.05, 3.63) is 59.9 Å². The number of hydrogen-bond acceptors (Lipinski definition) is 3. The van der Waals surface area contributed by atoms with Gasteiger partial charge in [-0.05, 0) is 43.2 Å². The van der Waals surface area contributed by atoms with Crippen LogP contribution in [0.4, 0.5) is 10.1 Å². The maximum atomic E-state index is 14.2. The summed E-state index contributed by atoms with van der Waals surface area (Å²) in [6.45, 7) is 0.758. The summed E-state index contributed by atoms with van der Waals surface area (Å²) in [5, 5.41) is 0. The molecule has 0 saturated carbocycles. The molecule has 0 aromatic heterocycles. The van der Waals surface area contributed by atoms with Crippen LogP contribution in [0.2, 0.25) is 0 Å². The second-order valence-corrected chi connectivity index (χ2v) is 7.86. The molecule has 1 aliphatic rings. The van der Waals surface area contributed by atoms with Gasteiger partial charge in [0.25, 0.3) is 5.91 Å². The van der Waals surface area contributed by atoms with E-state index in [9.17, 15) is 17.6 Å². The lowest BCUT2D eigenvalue weighted by molar-refractivity contribution is 0.0992. The normalized spacial score (nSPS) is 15.3. The summed E-state index contributed by atoms with van der Waals surface area (Å²) in [7, 11) is -2.34. The molecule has 2 aromatic carbocycles. The number of amides is 1. The van der Waals surface area contributed by atoms with Crippen molar-refractivity contribution in [3.8, 4) is 0 Å². The minimum atomic E-state index is -3.93. The van der Waals surface area contributed by atoms with Crippen molar-refractivity contribution in [2.45, 2.75) is 17.7 Å². The molecule has 0 bridgehead atoms. The molecule has 25 heavy (non-hydrogen) atoms. The van der Waals surface area contributed by atoms with Gasteiger partial charge in [0.15, 0.2) is 0 Å². The van der Waals surface area contributed by atoms with E-state index in [2.05, 4.69) is 0 Å². The fourth-order valence-corrected chi connectivity index (χ4v) is 4.47. The summed E-state index contributed by atoms with van der Waals surface area (Å²) < 4.78 is 40.7. The number of benzene rings is 2. The Balaban J connectivity index is 1.95. The van der Waals surface area contributed by atoms with Gasteiger partial charge in [0, 0.05) is 31.4 Å². The molecule has 1 heterocycles. The summed E-state index contributed by atoms with van der Waals surface area (Å²) in [4.78, 5) is 13.6. The van der Waals surface area contributed by atoms with E-state index >= 15 is 0 Å². The number of rotatable bonds is 4. The summed E-state index contributed by atoms with van der Waals surface area (Å²) in [6.07, 6.45) is 1.52. The predicted octanol–water partition coefficient (Wildman–Crippen LogP) is 2.89. The fourth-order valence-electron chi connectivity index (χ4n) is 2.86. The Bertz CT molecular complexity index is 878. The van der Waals surface area contributed by atoms with E-state index in [1.165, 1.54) is 15.3 Å². The Kier molecular flexibility index (Phi) is 4.87. The van der Waals surface area contributed by atoms with Crippen molar-refractivity contribution in [1.29, 1.82) is 0 Å². The van der Waals surface area contributed by atoms with Crippen molar-refractivity contribution < 1.29 is 17.6 Å². The number of anilines is 1. The number of hydrogen-bond donors (Lipinski definition) is 0. The van der Waals surface area contributed by atoms with Gasteiger partial charge >= 0.3 is 0 Å². The molecule has 0 atom stereocenters. The van der Waals surface area contributed by atoms with Crippen LogP contribution >= 0.6 is 0 Å². The van der Waals surface area contributed by atoms with Gasteiger partial charge in [-0.3, -0.25) is 4.79 Å². The number of carbonyl (C=O) groups is 1. The van der Waals surface area contributed by atoms with E-state index in [4.69, 9.17) is 0 Å². The van der Waals surface area contributed by atoms with Crippen LogP contribution in [0.15, 0.2) is 53.4 Å². The van der Waals surface area contributed by atoms with Gasteiger partial charge in [0.1, 0.15) is 10.7 Å². The van der Waals surface area contributed by atoms with Gasteiger partial charge in [-0.15, -0.1) is 0 Å². The third kappa shape index (κ3) is 3.43. The molecule has 132 valence electrons. The molecular formula is C18H19FN2O3S. The first kappa shape index (κ1) is 17.6. The van der Waals surface area contributed by atoms with E-state index in [1.807, 2.05) is 6.07 Å². The van der Waals surface area contributed by atoms with Crippen LogP contribution in [0.5, 0.6) is 0 Å². The largest absolute Gasteiger partial charge is 0.311 e. The third-order valence-electron chi connectivity index (χ3n) is 4.31. The van der Waals surface area contributed by atoms with Crippen LogP contribution < -0.4 is 4.90 Å². The molecule has 0 spiro atoms. The first-order valence-electron chi connectivity index (χ1n) is 8.04. The summed E-state index contributed by atoms with van der Waals surface area (Å²) in [5.41, 5.74) is 0.798. The number of nitrogens with zero attached hydrogens (tertiary/aromatic N) is 2. The highest BCUT2D eigenvalue weighted by Gasteiger charge is 2.30. The van der Waals surface area contributed by atoms with Gasteiger partial charge in [-0.1, -0.05) is 18.2 Å². The molecule has 0 aliphatic carbocycles. The van der Waals surface area contributed by atoms with Crippen molar-refractivity contribution in [2.75, 3.05) is 25.0 Å². The van der Waals surface area contributed by atoms with Crippen molar-refractivity contribution in [1.82, 2.24) is 4.31 Å². The minimum absolute atomic E-state index is 0.130. The van der Waals surface area contributed by atoms with Crippen molar-refractivity contribution >= 4 is 21.6 Å². The smallest absolute Gasteiger partial charge is 0.258 e. The first-order valence-corrected chi connectivity index (χ1v) is 9.48. The Morgan fingerprint density at radius 3 is 2.36 bits per heavy atom. The molecule has 1 fully saturated rings. The van der Waals surface area contributed by atoms with E-state index in [1.54, 1.807) is 31.3 Å². The summed E-state index contributed by atoms with van der Waals surface area (Å²) >= 11 is 0. The van der Waals surface area contributed by atoms with E-state index < -0.39 is 26.6 Å². The van der Waals surface area contributed by atoms with Crippen LogP contribution in [-0.2, 0) is 10.0 Å². The first-order chi connectivity index (χ1) is 11.9. The third-order valence-corrected chi connectivity index (χ3v) is 6.22. The molecule has 7 heteroatoms. The SMILES string of the molecule is CN(C(=O)c1ccc(F)c(S(=O)(=O)N2CCCC2)c1)c1ccccc1. The van der Waals surface area contributed by atoms with Crippen LogP contribution in [0.3, 0.4) is 0 Å². The monoisotopic (exact) mass is 362 g/mol. The molecular weight excluding hydrogens is 343 g/mol. The van der Waals surface area contributed by atoms with Crippen LogP contribution in [-0.4, -0.2) is 38.8 Å². The summed E-state index contributed by atoms with van der Waals surface area (Å²) in [6, 6.07) is 12.4. The number of para-hydroxylation sites is 1. The molecule has 0 N–H and O–H groups in total. The van der Waals surface area contributed by atoms with E-state index in [0.717, 1.165) is 25.0 Å². The molecule has 5 nitrogen and oxygen atoms in total. The van der Waals surface area contributed by atoms with Crippen LogP contribution in [0, 0.1) is 5.82 Å². The maximum Gasteiger partial charge on any atom is 0.258 e. The highest BCUT2D eigenvalue weighted by Crippen LogP contribution is 2.25. The van der Waals surface area contributed by atoms with Gasteiger partial charge < -0.3 is 4.90 Å². The topological polar surface area (TPSA) is 57.7 Å². The second-order valence-electron chi connectivity index (χ2n) is 5.96. The molecule has 1 saturated heterocycles. The summed E-state index contributed by atoms with van der Waals surface area (Å²) in [5.74, 6) is -1.24. The molecule has 0 radical (unpaired) electrons. The lowest BCUT2D eigenvalue weighted by atomic mass is 10.2. The fraction of sp³-hybridized carbons (Fsp3) is 0.278. The quantitative estimate of drug-likeness (QED) is 0.840. The predicted molar refractivity (Wildman–Crippen MR) is 93.6 cm³/mol. The highest BCUT2D eigenvalue weighted by molar-refractivity contribution is 7.89. The standard InChI is InChI=1S/C18H19FN2O3S/c1-20(15-7-3-2-4-8-15)18(22)14-9-10-16(19)17(13-14)25(23,24)21-11-5-6-12-21/h2-4,7-10,13H,5-6,11-12H2,1H3. The van der Waals surface area contributed by atoms with Gasteiger partial charge in [0.2, 0.25) is 10.0 Å². The van der Waals surface area contributed by atoms with Gasteiger partial charge in [-0.2, -0.15) is 4.31 Å². The number of carbonyl (C=O) groups excluding carboxylic acids is 1. The zero-order valence-electron chi connectivity index (χ0n) is 13.9. The maximum absolute atomic E-state index is 14.2. The lowest BCUT2D eigenvalue weighted by Gasteiger charge is -2.19. The zero-order chi connectivity index (χ0) is 18.0. The minimum Gasteiger partial charge on any atom is -0.311 e. The van der Waals surface area contributed by atoms with Crippen molar-refractivity contribution in [3.63, 3.8) is 0 Å². The van der Waals surface area contributed by atoms with Crippen molar-refractivity contribution in [2.24, 2.45) is 0 Å². The Morgan fingerprint density at radius 1 is 1.08 bits per heavy atom. The highest BCUT2D eigenvalue weighted by atomic mass is 32.2. The molecule has 2 aromatic rings. The Labute approximate surface area is 146 Å². The molecule has 1 amide bonds. The van der Waals surface area contributed by atoms with E-state index in [-0.39, 0.29) is 5.56 Å². The molecule has 0 unspecified atom stereocenters. The lowest BCUT2D eigenvalue weighted by Crippen LogP contribution is -2.30. The number of sulfonamides is 1. The Hall–Kier alpha value is -2.25. The second kappa shape index (κ2) is 6.93. The average molecular weight is 362 g/mol.